The normalized spacial score (nSPS) is 14.5. The summed E-state index contributed by atoms with van der Waals surface area (Å²) in [4.78, 5) is 23.3. The number of allylic oxidation sites excluding steroid dienone is 11. The Morgan fingerprint density at radius 2 is 0.841 bits per heavy atom. The predicted octanol–water partition coefficient (Wildman–Crippen LogP) is 17.5. The van der Waals surface area contributed by atoms with Gasteiger partial charge in [-0.05, 0) is 83.5 Å². The second-order valence-electron chi connectivity index (χ2n) is 20.6. The summed E-state index contributed by atoms with van der Waals surface area (Å²) < 4.78 is 23.7. The lowest BCUT2D eigenvalue weighted by Gasteiger charge is -2.25. The van der Waals surface area contributed by atoms with Crippen LogP contribution in [0.1, 0.15) is 251 Å². The number of phosphoric acid groups is 1. The standard InChI is InChI=1S/C60H111N2O6P/c1-6-8-10-12-14-16-18-20-22-24-26-28-29-30-31-32-33-34-36-38-40-42-44-46-48-50-52-54-60(64)61-58(57-68-69(65,66)67-56-55-62(3,4)5)59(63)53-51-49-47-45-43-41-39-37-35-27-25-23-21-19-17-15-13-11-9-7-2/h18,20,24,26,29-30,35,37,43,45,51,53,58-59,63H,6-17,19,21-23,25,27-28,31-34,36,38-42,44,46-50,52,54-57H2,1-5H3,(H-,61,64,65,66)/p+1/b20-18-,26-24-,30-29-,37-35+,45-43+,53-51+. The minimum Gasteiger partial charge on any atom is -0.387 e. The van der Waals surface area contributed by atoms with Crippen LogP contribution in [-0.2, 0) is 18.4 Å². The van der Waals surface area contributed by atoms with Gasteiger partial charge in [0.15, 0.2) is 0 Å². The van der Waals surface area contributed by atoms with Crippen molar-refractivity contribution in [1.82, 2.24) is 5.32 Å². The van der Waals surface area contributed by atoms with Gasteiger partial charge in [0.2, 0.25) is 5.91 Å². The molecule has 0 spiro atoms. The largest absolute Gasteiger partial charge is 0.472 e. The van der Waals surface area contributed by atoms with Gasteiger partial charge < -0.3 is 19.8 Å². The molecule has 0 heterocycles. The summed E-state index contributed by atoms with van der Waals surface area (Å²) >= 11 is 0. The highest BCUT2D eigenvalue weighted by atomic mass is 31.2. The summed E-state index contributed by atoms with van der Waals surface area (Å²) in [6, 6.07) is -0.875. The van der Waals surface area contributed by atoms with Crippen LogP contribution in [0.4, 0.5) is 0 Å². The first kappa shape index (κ1) is 66.9. The molecule has 0 saturated heterocycles. The molecule has 1 amide bonds. The van der Waals surface area contributed by atoms with E-state index in [9.17, 15) is 19.4 Å². The minimum absolute atomic E-state index is 0.0508. The van der Waals surface area contributed by atoms with Gasteiger partial charge in [-0.25, -0.2) is 4.57 Å². The number of hydrogen-bond donors (Lipinski definition) is 3. The third-order valence-electron chi connectivity index (χ3n) is 12.6. The number of rotatable bonds is 52. The van der Waals surface area contributed by atoms with Crippen molar-refractivity contribution in [2.75, 3.05) is 40.9 Å². The average molecular weight is 989 g/mol. The van der Waals surface area contributed by atoms with Crippen LogP contribution >= 0.6 is 7.82 Å². The molecular weight excluding hydrogens is 876 g/mol. The Balaban J connectivity index is 4.28. The summed E-state index contributed by atoms with van der Waals surface area (Å²) in [6.07, 6.45) is 70.0. The predicted molar refractivity (Wildman–Crippen MR) is 300 cm³/mol. The maximum atomic E-state index is 13.0. The summed E-state index contributed by atoms with van der Waals surface area (Å²) in [7, 11) is 1.54. The number of amides is 1. The maximum Gasteiger partial charge on any atom is 0.472 e. The number of likely N-dealkylation sites (N-methyl/N-ethyl adjacent to an activating group) is 1. The fourth-order valence-corrected chi connectivity index (χ4v) is 8.82. The SMILES string of the molecule is CCCCCCC/C=C\C/C=C\C/C=C\CCCCCCCCCCCCCCC(=O)NC(COP(=O)(O)OCC[N+](C)(C)C)C(O)/C=C/CC/C=C/CC/C=C/CCCCCCCCCCCC. The molecule has 3 unspecified atom stereocenters. The van der Waals surface area contributed by atoms with Gasteiger partial charge in [0.25, 0.3) is 0 Å². The van der Waals surface area contributed by atoms with Gasteiger partial charge in [0.1, 0.15) is 13.2 Å². The van der Waals surface area contributed by atoms with E-state index in [4.69, 9.17) is 9.05 Å². The summed E-state index contributed by atoms with van der Waals surface area (Å²) in [5.41, 5.74) is 0. The van der Waals surface area contributed by atoms with E-state index in [1.807, 2.05) is 27.2 Å². The molecule has 0 fully saturated rings. The number of unbranched alkanes of at least 4 members (excludes halogenated alkanes) is 29. The van der Waals surface area contributed by atoms with Crippen molar-refractivity contribution in [3.05, 3.63) is 72.9 Å². The van der Waals surface area contributed by atoms with E-state index in [-0.39, 0.29) is 19.1 Å². The van der Waals surface area contributed by atoms with Gasteiger partial charge in [-0.15, -0.1) is 0 Å². The number of aliphatic hydroxyl groups excluding tert-OH is 1. The fourth-order valence-electron chi connectivity index (χ4n) is 8.08. The molecule has 0 aromatic carbocycles. The third-order valence-corrected chi connectivity index (χ3v) is 13.6. The monoisotopic (exact) mass is 988 g/mol. The van der Waals surface area contributed by atoms with E-state index < -0.39 is 20.0 Å². The Kier molecular flexibility index (Phi) is 49.3. The molecule has 402 valence electrons. The molecule has 0 radical (unpaired) electrons. The zero-order valence-corrected chi connectivity index (χ0v) is 46.7. The number of quaternary nitrogens is 1. The van der Waals surface area contributed by atoms with Crippen molar-refractivity contribution in [3.8, 4) is 0 Å². The second kappa shape index (κ2) is 50.9. The van der Waals surface area contributed by atoms with Crippen molar-refractivity contribution in [2.45, 2.75) is 264 Å². The van der Waals surface area contributed by atoms with Crippen LogP contribution in [0.2, 0.25) is 0 Å². The van der Waals surface area contributed by atoms with E-state index in [1.54, 1.807) is 6.08 Å². The van der Waals surface area contributed by atoms with Crippen LogP contribution in [0.15, 0.2) is 72.9 Å². The molecule has 0 aliphatic heterocycles. The zero-order valence-electron chi connectivity index (χ0n) is 45.8. The number of carbonyl (C=O) groups is 1. The van der Waals surface area contributed by atoms with E-state index in [2.05, 4.69) is 79.9 Å². The Labute approximate surface area is 427 Å². The Morgan fingerprint density at radius 3 is 1.26 bits per heavy atom. The summed E-state index contributed by atoms with van der Waals surface area (Å²) in [6.45, 7) is 4.78. The number of hydrogen-bond acceptors (Lipinski definition) is 5. The number of carbonyl (C=O) groups excluding carboxylic acids is 1. The molecule has 0 rings (SSSR count). The van der Waals surface area contributed by atoms with Gasteiger partial charge in [0, 0.05) is 6.42 Å². The van der Waals surface area contributed by atoms with Crippen molar-refractivity contribution in [3.63, 3.8) is 0 Å². The third kappa shape index (κ3) is 53.6. The second-order valence-corrected chi connectivity index (χ2v) is 22.1. The first-order valence-electron chi connectivity index (χ1n) is 28.8. The van der Waals surface area contributed by atoms with E-state index in [0.717, 1.165) is 57.8 Å². The Morgan fingerprint density at radius 1 is 0.493 bits per heavy atom. The van der Waals surface area contributed by atoms with Gasteiger partial charge >= 0.3 is 7.82 Å². The highest BCUT2D eigenvalue weighted by Gasteiger charge is 2.27. The van der Waals surface area contributed by atoms with Crippen LogP contribution in [-0.4, -0.2) is 73.4 Å². The van der Waals surface area contributed by atoms with Crippen LogP contribution in [0.3, 0.4) is 0 Å². The Hall–Kier alpha value is -2.06. The van der Waals surface area contributed by atoms with Gasteiger partial charge in [-0.3, -0.25) is 13.8 Å². The number of nitrogens with one attached hydrogen (secondary N) is 1. The molecule has 0 aromatic heterocycles. The fraction of sp³-hybridized carbons (Fsp3) is 0.783. The molecule has 0 aliphatic carbocycles. The number of aliphatic hydroxyl groups is 1. The lowest BCUT2D eigenvalue weighted by Crippen LogP contribution is -2.45. The lowest BCUT2D eigenvalue weighted by molar-refractivity contribution is -0.870. The minimum atomic E-state index is -4.36. The molecule has 0 bridgehead atoms. The summed E-state index contributed by atoms with van der Waals surface area (Å²) in [5, 5.41) is 13.9. The van der Waals surface area contributed by atoms with Crippen LogP contribution in [0.5, 0.6) is 0 Å². The number of phosphoric ester groups is 1. The molecule has 69 heavy (non-hydrogen) atoms. The molecule has 0 aliphatic rings. The van der Waals surface area contributed by atoms with Crippen molar-refractivity contribution >= 4 is 13.7 Å². The van der Waals surface area contributed by atoms with Crippen LogP contribution in [0.25, 0.3) is 0 Å². The van der Waals surface area contributed by atoms with Crippen LogP contribution in [0, 0.1) is 0 Å². The lowest BCUT2D eigenvalue weighted by atomic mass is 10.0. The molecule has 3 atom stereocenters. The van der Waals surface area contributed by atoms with Gasteiger partial charge in [-0.2, -0.15) is 0 Å². The van der Waals surface area contributed by atoms with Crippen molar-refractivity contribution < 1.29 is 32.9 Å². The quantitative estimate of drug-likeness (QED) is 0.0243. The van der Waals surface area contributed by atoms with Crippen molar-refractivity contribution in [1.29, 1.82) is 0 Å². The Bertz CT molecular complexity index is 1350. The first-order chi connectivity index (χ1) is 33.5. The smallest absolute Gasteiger partial charge is 0.387 e. The molecule has 9 heteroatoms. The zero-order chi connectivity index (χ0) is 50.6. The molecule has 0 aromatic rings. The van der Waals surface area contributed by atoms with Crippen molar-refractivity contribution in [2.24, 2.45) is 0 Å². The van der Waals surface area contributed by atoms with E-state index >= 15 is 0 Å². The topological polar surface area (TPSA) is 105 Å². The van der Waals surface area contributed by atoms with E-state index in [0.29, 0.717) is 17.4 Å². The highest BCUT2D eigenvalue weighted by Crippen LogP contribution is 2.43. The van der Waals surface area contributed by atoms with Gasteiger partial charge in [0.05, 0.1) is 39.9 Å². The average Bonchev–Trinajstić information content (AvgIpc) is 3.31. The highest BCUT2D eigenvalue weighted by molar-refractivity contribution is 7.47. The first-order valence-corrected chi connectivity index (χ1v) is 30.3. The summed E-state index contributed by atoms with van der Waals surface area (Å²) in [5.74, 6) is -0.194. The molecule has 0 saturated carbocycles. The van der Waals surface area contributed by atoms with E-state index in [1.165, 1.54) is 173 Å². The molecule has 3 N–H and O–H groups in total. The van der Waals surface area contributed by atoms with Crippen LogP contribution < -0.4 is 5.32 Å². The van der Waals surface area contributed by atoms with Gasteiger partial charge in [-0.1, -0.05) is 234 Å². The number of nitrogens with zero attached hydrogens (tertiary/aromatic N) is 1. The molecular formula is C60H112N2O6P+. The maximum absolute atomic E-state index is 13.0. The molecule has 8 nitrogen and oxygen atoms in total.